The van der Waals surface area contributed by atoms with Crippen molar-refractivity contribution in [1.29, 1.82) is 0 Å². The average molecular weight is 271 g/mol. The average Bonchev–Trinajstić information content (AvgIpc) is 2.72. The molecule has 0 N–H and O–H groups in total. The third kappa shape index (κ3) is 2.48. The number of esters is 1. The quantitative estimate of drug-likeness (QED) is 0.795. The SMILES string of the molecule is CCOC(=O)C(CF)c1cc2cc(Cl)ccc2o1. The molecule has 1 unspecified atom stereocenters. The fourth-order valence-corrected chi connectivity index (χ4v) is 1.89. The lowest BCUT2D eigenvalue weighted by atomic mass is 10.1. The molecule has 0 saturated carbocycles. The lowest BCUT2D eigenvalue weighted by Gasteiger charge is -2.08. The molecular weight excluding hydrogens is 259 g/mol. The monoisotopic (exact) mass is 270 g/mol. The predicted molar refractivity (Wildman–Crippen MR) is 66.6 cm³/mol. The number of benzene rings is 1. The standard InChI is InChI=1S/C13H12ClFO3/c1-2-17-13(16)10(7-15)12-6-8-5-9(14)3-4-11(8)18-12/h3-6,10H,2,7H2,1H3. The van der Waals surface area contributed by atoms with Crippen molar-refractivity contribution in [3.05, 3.63) is 35.0 Å². The van der Waals surface area contributed by atoms with Crippen LogP contribution in [0.25, 0.3) is 11.0 Å². The first-order chi connectivity index (χ1) is 8.65. The Balaban J connectivity index is 2.36. The third-order valence-corrected chi connectivity index (χ3v) is 2.80. The van der Waals surface area contributed by atoms with E-state index in [0.717, 1.165) is 5.39 Å². The molecule has 0 fully saturated rings. The topological polar surface area (TPSA) is 39.4 Å². The van der Waals surface area contributed by atoms with E-state index in [-0.39, 0.29) is 12.4 Å². The van der Waals surface area contributed by atoms with Gasteiger partial charge in [-0.2, -0.15) is 0 Å². The van der Waals surface area contributed by atoms with Crippen molar-refractivity contribution >= 4 is 28.5 Å². The lowest BCUT2D eigenvalue weighted by Crippen LogP contribution is -2.17. The fourth-order valence-electron chi connectivity index (χ4n) is 1.70. The Morgan fingerprint density at radius 3 is 2.94 bits per heavy atom. The molecule has 0 aliphatic rings. The van der Waals surface area contributed by atoms with Gasteiger partial charge in [0.25, 0.3) is 0 Å². The molecule has 2 aromatic rings. The number of hydrogen-bond donors (Lipinski definition) is 0. The number of hydrogen-bond acceptors (Lipinski definition) is 3. The van der Waals surface area contributed by atoms with Crippen LogP contribution in [-0.4, -0.2) is 19.3 Å². The number of carbonyl (C=O) groups is 1. The summed E-state index contributed by atoms with van der Waals surface area (Å²) in [6.07, 6.45) is 0. The van der Waals surface area contributed by atoms with Crippen LogP contribution in [0.15, 0.2) is 28.7 Å². The summed E-state index contributed by atoms with van der Waals surface area (Å²) in [4.78, 5) is 11.6. The van der Waals surface area contributed by atoms with Crippen molar-refractivity contribution in [1.82, 2.24) is 0 Å². The fraction of sp³-hybridized carbons (Fsp3) is 0.308. The highest BCUT2D eigenvalue weighted by Gasteiger charge is 2.25. The minimum absolute atomic E-state index is 0.210. The number of furan rings is 1. The zero-order valence-electron chi connectivity index (χ0n) is 9.78. The molecule has 1 aromatic heterocycles. The molecular formula is C13H12ClFO3. The molecule has 0 amide bonds. The minimum Gasteiger partial charge on any atom is -0.465 e. The molecule has 0 bridgehead atoms. The second-order valence-corrected chi connectivity index (χ2v) is 4.23. The van der Waals surface area contributed by atoms with E-state index < -0.39 is 18.6 Å². The second-order valence-electron chi connectivity index (χ2n) is 3.79. The minimum atomic E-state index is -1.02. The Hall–Kier alpha value is -1.55. The van der Waals surface area contributed by atoms with Crippen LogP contribution in [0.4, 0.5) is 4.39 Å². The Kier molecular flexibility index (Phi) is 3.87. The van der Waals surface area contributed by atoms with E-state index in [1.165, 1.54) is 0 Å². The Morgan fingerprint density at radius 2 is 2.28 bits per heavy atom. The zero-order chi connectivity index (χ0) is 13.1. The van der Waals surface area contributed by atoms with E-state index in [1.54, 1.807) is 31.2 Å². The number of halogens is 2. The Morgan fingerprint density at radius 1 is 1.50 bits per heavy atom. The molecule has 1 aromatic carbocycles. The molecule has 0 aliphatic heterocycles. The Bertz CT molecular complexity index is 564. The van der Waals surface area contributed by atoms with Gasteiger partial charge in [0.2, 0.25) is 0 Å². The molecule has 3 nitrogen and oxygen atoms in total. The van der Waals surface area contributed by atoms with Crippen molar-refractivity contribution in [2.75, 3.05) is 13.3 Å². The van der Waals surface area contributed by atoms with Gasteiger partial charge in [-0.05, 0) is 31.2 Å². The molecule has 0 spiro atoms. The van der Waals surface area contributed by atoms with E-state index >= 15 is 0 Å². The highest BCUT2D eigenvalue weighted by atomic mass is 35.5. The lowest BCUT2D eigenvalue weighted by molar-refractivity contribution is -0.145. The van der Waals surface area contributed by atoms with Gasteiger partial charge in [0.05, 0.1) is 6.61 Å². The summed E-state index contributed by atoms with van der Waals surface area (Å²) in [6.45, 7) is 1.03. The molecule has 2 rings (SSSR count). The van der Waals surface area contributed by atoms with Gasteiger partial charge in [-0.15, -0.1) is 0 Å². The van der Waals surface area contributed by atoms with Crippen LogP contribution in [0.1, 0.15) is 18.6 Å². The number of fused-ring (bicyclic) bond motifs is 1. The first-order valence-electron chi connectivity index (χ1n) is 5.57. The normalized spacial score (nSPS) is 12.6. The maximum Gasteiger partial charge on any atom is 0.319 e. The predicted octanol–water partition coefficient (Wildman–Crippen LogP) is 3.70. The summed E-state index contributed by atoms with van der Waals surface area (Å²) in [7, 11) is 0. The van der Waals surface area contributed by atoms with E-state index in [0.29, 0.717) is 10.6 Å². The largest absolute Gasteiger partial charge is 0.465 e. The number of alkyl halides is 1. The van der Waals surface area contributed by atoms with E-state index in [9.17, 15) is 9.18 Å². The van der Waals surface area contributed by atoms with E-state index in [1.807, 2.05) is 0 Å². The van der Waals surface area contributed by atoms with Gasteiger partial charge in [0.15, 0.2) is 0 Å². The molecule has 1 atom stereocenters. The van der Waals surface area contributed by atoms with Gasteiger partial charge >= 0.3 is 5.97 Å². The van der Waals surface area contributed by atoms with Crippen LogP contribution >= 0.6 is 11.6 Å². The van der Waals surface area contributed by atoms with Crippen LogP contribution in [0.5, 0.6) is 0 Å². The summed E-state index contributed by atoms with van der Waals surface area (Å²) >= 11 is 5.85. The van der Waals surface area contributed by atoms with Crippen LogP contribution in [0.2, 0.25) is 5.02 Å². The van der Waals surface area contributed by atoms with Crippen molar-refractivity contribution in [3.63, 3.8) is 0 Å². The smallest absolute Gasteiger partial charge is 0.319 e. The van der Waals surface area contributed by atoms with Crippen molar-refractivity contribution in [3.8, 4) is 0 Å². The van der Waals surface area contributed by atoms with Gasteiger partial charge in [0, 0.05) is 10.4 Å². The van der Waals surface area contributed by atoms with Crippen LogP contribution in [0.3, 0.4) is 0 Å². The summed E-state index contributed by atoms with van der Waals surface area (Å²) in [5.74, 6) is -1.38. The number of rotatable bonds is 4. The van der Waals surface area contributed by atoms with Gasteiger partial charge < -0.3 is 9.15 Å². The molecule has 5 heteroatoms. The van der Waals surface area contributed by atoms with Crippen molar-refractivity contribution in [2.45, 2.75) is 12.8 Å². The van der Waals surface area contributed by atoms with E-state index in [2.05, 4.69) is 0 Å². The number of ether oxygens (including phenoxy) is 1. The van der Waals surface area contributed by atoms with Gasteiger partial charge in [-0.1, -0.05) is 11.6 Å². The molecule has 96 valence electrons. The van der Waals surface area contributed by atoms with Gasteiger partial charge in [-0.25, -0.2) is 4.39 Å². The summed E-state index contributed by atoms with van der Waals surface area (Å²) in [5, 5.41) is 1.29. The Labute approximate surface area is 108 Å². The van der Waals surface area contributed by atoms with E-state index in [4.69, 9.17) is 20.8 Å². The maximum absolute atomic E-state index is 12.9. The molecule has 18 heavy (non-hydrogen) atoms. The third-order valence-electron chi connectivity index (χ3n) is 2.57. The van der Waals surface area contributed by atoms with Crippen LogP contribution < -0.4 is 0 Å². The molecule has 0 radical (unpaired) electrons. The maximum atomic E-state index is 12.9. The summed E-state index contributed by atoms with van der Waals surface area (Å²) in [5.41, 5.74) is 0.567. The molecule has 0 saturated heterocycles. The highest BCUT2D eigenvalue weighted by Crippen LogP contribution is 2.28. The first-order valence-corrected chi connectivity index (χ1v) is 5.95. The van der Waals surface area contributed by atoms with Crippen molar-refractivity contribution < 1.29 is 18.3 Å². The highest BCUT2D eigenvalue weighted by molar-refractivity contribution is 6.31. The zero-order valence-corrected chi connectivity index (χ0v) is 10.5. The van der Waals surface area contributed by atoms with Crippen LogP contribution in [-0.2, 0) is 9.53 Å². The molecule has 1 heterocycles. The van der Waals surface area contributed by atoms with Crippen molar-refractivity contribution in [2.24, 2.45) is 0 Å². The summed E-state index contributed by atoms with van der Waals surface area (Å²) < 4.78 is 23.2. The second kappa shape index (κ2) is 5.40. The van der Waals surface area contributed by atoms with Crippen LogP contribution in [0, 0.1) is 0 Å². The first kappa shape index (κ1) is 12.9. The number of carbonyl (C=O) groups excluding carboxylic acids is 1. The van der Waals surface area contributed by atoms with Gasteiger partial charge in [0.1, 0.15) is 23.9 Å². The van der Waals surface area contributed by atoms with Gasteiger partial charge in [-0.3, -0.25) is 4.79 Å². The molecule has 0 aliphatic carbocycles. The summed E-state index contributed by atoms with van der Waals surface area (Å²) in [6, 6.07) is 6.67.